The molecule has 4 rings (SSSR count). The predicted octanol–water partition coefficient (Wildman–Crippen LogP) is 6.33. The van der Waals surface area contributed by atoms with Crippen molar-refractivity contribution in [2.45, 2.75) is 39.0 Å². The minimum absolute atomic E-state index is 0.00983. The van der Waals surface area contributed by atoms with Crippen molar-refractivity contribution in [2.24, 2.45) is 5.41 Å². The number of fused-ring (bicyclic) bond motifs is 1. The molecule has 2 aromatic carbocycles. The maximum atomic E-state index is 14.1. The summed E-state index contributed by atoms with van der Waals surface area (Å²) in [6.45, 7) is 1.71. The van der Waals surface area contributed by atoms with Crippen LogP contribution in [0.1, 0.15) is 36.8 Å². The molecule has 5 N–H and O–H groups in total. The summed E-state index contributed by atoms with van der Waals surface area (Å²) in [5, 5.41) is 15.8. The fraction of sp³-hybridized carbons (Fsp3) is 0.276. The van der Waals surface area contributed by atoms with Crippen molar-refractivity contribution in [1.82, 2.24) is 20.1 Å². The van der Waals surface area contributed by atoms with Gasteiger partial charge in [-0.05, 0) is 62.1 Å². The van der Waals surface area contributed by atoms with Crippen molar-refractivity contribution in [3.05, 3.63) is 76.1 Å². The van der Waals surface area contributed by atoms with Gasteiger partial charge in [-0.1, -0.05) is 23.6 Å². The van der Waals surface area contributed by atoms with E-state index in [9.17, 15) is 40.6 Å². The first-order valence-corrected chi connectivity index (χ1v) is 14.7. The number of nitrogen functional groups attached to an aromatic ring is 1. The third kappa shape index (κ3) is 8.47. The summed E-state index contributed by atoms with van der Waals surface area (Å²) in [5.74, 6) is 3.32. The van der Waals surface area contributed by atoms with E-state index >= 15 is 0 Å². The molecule has 16 heteroatoms. The second kappa shape index (κ2) is 13.0. The van der Waals surface area contributed by atoms with Crippen LogP contribution >= 0.6 is 11.6 Å². The summed E-state index contributed by atoms with van der Waals surface area (Å²) < 4.78 is 90.1. The van der Waals surface area contributed by atoms with Crippen molar-refractivity contribution in [2.75, 3.05) is 11.5 Å². The van der Waals surface area contributed by atoms with Gasteiger partial charge >= 0.3 is 12.3 Å². The molecule has 9 nitrogen and oxygen atoms in total. The fourth-order valence-corrected chi connectivity index (χ4v) is 5.69. The smallest absolute Gasteiger partial charge is 0.408 e. The first-order chi connectivity index (χ1) is 20.9. The number of nitrogens with zero attached hydrogens (tertiary/aromatic N) is 3. The Morgan fingerprint density at radius 3 is 2.38 bits per heavy atom. The summed E-state index contributed by atoms with van der Waals surface area (Å²) in [4.78, 5) is 16.5. The highest BCUT2D eigenvalue weighted by atomic mass is 35.5. The Balaban J connectivity index is 2.00. The van der Waals surface area contributed by atoms with Gasteiger partial charge in [0.25, 0.3) is 0 Å². The topological polar surface area (TPSA) is 143 Å². The van der Waals surface area contributed by atoms with Crippen molar-refractivity contribution >= 4 is 45.5 Å². The number of carbonyl (C=O) groups is 1. The van der Waals surface area contributed by atoms with Crippen molar-refractivity contribution in [1.29, 1.82) is 0 Å². The molecule has 0 saturated heterocycles. The van der Waals surface area contributed by atoms with Crippen LogP contribution in [0.4, 0.5) is 32.6 Å². The van der Waals surface area contributed by atoms with E-state index in [4.69, 9.17) is 17.3 Å². The predicted molar refractivity (Wildman–Crippen MR) is 159 cm³/mol. The Bertz CT molecular complexity index is 1850. The quantitative estimate of drug-likeness (QED) is 0.0976. The molecule has 0 saturated carbocycles. The van der Waals surface area contributed by atoms with E-state index in [1.54, 1.807) is 13.8 Å². The molecule has 0 aliphatic rings. The van der Waals surface area contributed by atoms with Gasteiger partial charge < -0.3 is 20.7 Å². The minimum atomic E-state index is -4.70. The number of benzene rings is 2. The summed E-state index contributed by atoms with van der Waals surface area (Å²) in [6.07, 6.45) is -6.56. The second-order valence-electron chi connectivity index (χ2n) is 10.7. The summed E-state index contributed by atoms with van der Waals surface area (Å²) >= 11 is 4.15. The van der Waals surface area contributed by atoms with E-state index in [0.717, 1.165) is 12.1 Å². The average Bonchev–Trinajstić information content (AvgIpc) is 3.20. The molecule has 2 heterocycles. The molecule has 4 aromatic rings. The number of carboxylic acid groups (broad SMARTS) is 1. The van der Waals surface area contributed by atoms with E-state index in [1.807, 2.05) is 0 Å². The maximum Gasteiger partial charge on any atom is 0.408 e. The zero-order valence-electron chi connectivity index (χ0n) is 23.5. The zero-order valence-corrected chi connectivity index (χ0v) is 25.1. The lowest BCUT2D eigenvalue weighted by Crippen LogP contribution is -2.30. The molecule has 0 fully saturated rings. The first kappa shape index (κ1) is 33.6. The molecule has 2 aromatic heterocycles. The number of hydrogen-bond acceptors (Lipinski definition) is 5. The largest absolute Gasteiger partial charge is 0.465 e. The SMILES string of the molecule is CC(C)(C#Cc1ccc(-c2ccc(Cl)c3c(N)nn(CC(F)(F)F)c23)c([C@H](Cc2cc(F)cc(F)c2)NC(=O)O)n1)CS(=O)O. The third-order valence-corrected chi connectivity index (χ3v) is 7.70. The second-order valence-corrected chi connectivity index (χ2v) is 12.0. The van der Waals surface area contributed by atoms with Gasteiger partial charge in [-0.15, -0.1) is 0 Å². The van der Waals surface area contributed by atoms with Gasteiger partial charge in [0.05, 0.1) is 33.4 Å². The molecule has 2 atom stereocenters. The van der Waals surface area contributed by atoms with E-state index in [1.165, 1.54) is 24.3 Å². The molecular weight excluding hydrogens is 645 g/mol. The summed E-state index contributed by atoms with van der Waals surface area (Å²) in [5.41, 5.74) is 5.19. The van der Waals surface area contributed by atoms with Gasteiger partial charge in [0.15, 0.2) is 16.9 Å². The fourth-order valence-electron chi connectivity index (χ4n) is 4.76. The highest BCUT2D eigenvalue weighted by molar-refractivity contribution is 7.79. The van der Waals surface area contributed by atoms with E-state index < -0.39 is 53.0 Å². The van der Waals surface area contributed by atoms with Crippen LogP contribution in [0.5, 0.6) is 0 Å². The van der Waals surface area contributed by atoms with Gasteiger partial charge in [-0.25, -0.2) is 22.8 Å². The number of nitrogens with one attached hydrogen (secondary N) is 1. The third-order valence-electron chi connectivity index (χ3n) is 6.42. The lowest BCUT2D eigenvalue weighted by atomic mass is 9.93. The van der Waals surface area contributed by atoms with Gasteiger partial charge in [-0.2, -0.15) is 18.3 Å². The molecule has 0 spiro atoms. The van der Waals surface area contributed by atoms with Crippen molar-refractivity contribution in [3.8, 4) is 23.0 Å². The molecule has 0 radical (unpaired) electrons. The van der Waals surface area contributed by atoms with Gasteiger partial charge in [0.2, 0.25) is 0 Å². The van der Waals surface area contributed by atoms with Gasteiger partial charge in [0, 0.05) is 22.6 Å². The van der Waals surface area contributed by atoms with E-state index in [0.29, 0.717) is 10.7 Å². The Morgan fingerprint density at radius 1 is 1.13 bits per heavy atom. The van der Waals surface area contributed by atoms with E-state index in [-0.39, 0.29) is 62.0 Å². The Hall–Kier alpha value is -4.26. The summed E-state index contributed by atoms with van der Waals surface area (Å²) in [6, 6.07) is 6.97. The number of nitrogens with two attached hydrogens (primary N) is 1. The van der Waals surface area contributed by atoms with Gasteiger partial charge in [0.1, 0.15) is 23.9 Å². The van der Waals surface area contributed by atoms with Crippen LogP contribution < -0.4 is 11.1 Å². The molecule has 0 aliphatic carbocycles. The number of anilines is 1. The van der Waals surface area contributed by atoms with Crippen LogP contribution in [0.25, 0.3) is 22.0 Å². The number of alkyl halides is 3. The lowest BCUT2D eigenvalue weighted by Gasteiger charge is -2.21. The Labute approximate surface area is 260 Å². The first-order valence-electron chi connectivity index (χ1n) is 13.0. The van der Waals surface area contributed by atoms with Crippen molar-refractivity contribution < 1.29 is 40.6 Å². The number of hydrogen-bond donors (Lipinski definition) is 4. The Morgan fingerprint density at radius 2 is 1.78 bits per heavy atom. The number of amides is 1. The molecule has 0 bridgehead atoms. The Kier molecular flexibility index (Phi) is 9.71. The maximum absolute atomic E-state index is 14.1. The highest BCUT2D eigenvalue weighted by Crippen LogP contribution is 2.40. The normalized spacial score (nSPS) is 13.3. The van der Waals surface area contributed by atoms with Crippen LogP contribution in [0, 0.1) is 28.9 Å². The average molecular weight is 670 g/mol. The molecule has 0 aliphatic heterocycles. The number of halogens is 6. The lowest BCUT2D eigenvalue weighted by molar-refractivity contribution is -0.141. The standard InChI is InChI=1S/C29H25ClF5N5O4S/c1-28(2,14-45(43)44)8-7-18-3-4-19(20-5-6-21(30)23-25(20)40(39-26(23)36)13-29(33,34)35)24(37-18)22(38-27(41)42)11-15-9-16(31)12-17(32)10-15/h3-6,9-10,12,22,38H,11,13-14H2,1-2H3,(H2,36,39)(H,41,42)(H,43,44)/t22-/m0/s1. The molecule has 1 amide bonds. The monoisotopic (exact) mass is 669 g/mol. The number of rotatable bonds is 8. The number of pyridine rings is 1. The summed E-state index contributed by atoms with van der Waals surface area (Å²) in [7, 11) is 0. The van der Waals surface area contributed by atoms with Gasteiger partial charge in [-0.3, -0.25) is 4.68 Å². The van der Waals surface area contributed by atoms with Crippen LogP contribution in [0.2, 0.25) is 5.02 Å². The molecule has 238 valence electrons. The van der Waals surface area contributed by atoms with Crippen LogP contribution in [-0.2, 0) is 24.0 Å². The van der Waals surface area contributed by atoms with Crippen molar-refractivity contribution in [3.63, 3.8) is 0 Å². The molecular formula is C29H25ClF5N5O4S. The van der Waals surface area contributed by atoms with Crippen LogP contribution in [0.3, 0.4) is 0 Å². The van der Waals surface area contributed by atoms with Crippen LogP contribution in [-0.4, -0.2) is 46.7 Å². The minimum Gasteiger partial charge on any atom is -0.465 e. The van der Waals surface area contributed by atoms with E-state index in [2.05, 4.69) is 27.2 Å². The highest BCUT2D eigenvalue weighted by Gasteiger charge is 2.32. The number of aromatic nitrogens is 3. The molecule has 1 unspecified atom stereocenters. The molecule has 45 heavy (non-hydrogen) atoms. The zero-order chi connectivity index (χ0) is 33.3. The van der Waals surface area contributed by atoms with Crippen LogP contribution in [0.15, 0.2) is 42.5 Å².